The molecule has 2 aromatic heterocycles. The van der Waals surface area contributed by atoms with Crippen LogP contribution in [0.25, 0.3) is 0 Å². The molecule has 0 aliphatic rings. The van der Waals surface area contributed by atoms with Crippen molar-refractivity contribution in [2.24, 2.45) is 0 Å². The molecule has 1 atom stereocenters. The van der Waals surface area contributed by atoms with Crippen molar-refractivity contribution in [3.05, 3.63) is 45.9 Å². The zero-order valence-electron chi connectivity index (χ0n) is 11.7. The van der Waals surface area contributed by atoms with Gasteiger partial charge in [-0.25, -0.2) is 9.67 Å². The standard InChI is InChI=1S/C13H17N5O2/c1-8-4-9(2)17-13(20)11(8)5-15-12(19)10(3)18-7-14-6-16-18/h4,6-7,10H,5H2,1-3H3,(H,15,19)(H,17,20)/t10-/m0/s1. The molecule has 0 fully saturated rings. The highest BCUT2D eigenvalue weighted by atomic mass is 16.2. The summed E-state index contributed by atoms with van der Waals surface area (Å²) < 4.78 is 1.46. The van der Waals surface area contributed by atoms with E-state index in [0.29, 0.717) is 5.56 Å². The van der Waals surface area contributed by atoms with Crippen LogP contribution < -0.4 is 10.9 Å². The van der Waals surface area contributed by atoms with Gasteiger partial charge in [0.25, 0.3) is 5.56 Å². The predicted molar refractivity (Wildman–Crippen MR) is 73.1 cm³/mol. The summed E-state index contributed by atoms with van der Waals surface area (Å²) >= 11 is 0. The van der Waals surface area contributed by atoms with E-state index in [0.717, 1.165) is 11.3 Å². The molecule has 2 rings (SSSR count). The van der Waals surface area contributed by atoms with E-state index in [1.54, 1.807) is 6.92 Å². The Hall–Kier alpha value is -2.44. The molecule has 0 saturated heterocycles. The molecular weight excluding hydrogens is 258 g/mol. The number of aryl methyl sites for hydroxylation is 2. The van der Waals surface area contributed by atoms with Crippen molar-refractivity contribution in [1.29, 1.82) is 0 Å². The summed E-state index contributed by atoms with van der Waals surface area (Å²) in [6.07, 6.45) is 2.85. The number of aromatic amines is 1. The number of H-pyrrole nitrogens is 1. The van der Waals surface area contributed by atoms with Gasteiger partial charge in [0.05, 0.1) is 0 Å². The van der Waals surface area contributed by atoms with E-state index in [4.69, 9.17) is 0 Å². The third-order valence-corrected chi connectivity index (χ3v) is 3.15. The van der Waals surface area contributed by atoms with Crippen molar-refractivity contribution in [3.63, 3.8) is 0 Å². The average molecular weight is 275 g/mol. The van der Waals surface area contributed by atoms with Gasteiger partial charge in [0.1, 0.15) is 18.7 Å². The minimum atomic E-state index is -0.470. The zero-order valence-corrected chi connectivity index (χ0v) is 11.7. The van der Waals surface area contributed by atoms with E-state index in [-0.39, 0.29) is 18.0 Å². The Bertz CT molecular complexity index is 660. The van der Waals surface area contributed by atoms with Crippen LogP contribution in [0.3, 0.4) is 0 Å². The van der Waals surface area contributed by atoms with Crippen LogP contribution in [-0.2, 0) is 11.3 Å². The first-order chi connectivity index (χ1) is 9.49. The molecule has 7 nitrogen and oxygen atoms in total. The summed E-state index contributed by atoms with van der Waals surface area (Å²) in [5.41, 5.74) is 2.06. The maximum absolute atomic E-state index is 12.0. The average Bonchev–Trinajstić information content (AvgIpc) is 2.90. The fraction of sp³-hybridized carbons (Fsp3) is 0.385. The van der Waals surface area contributed by atoms with Crippen molar-refractivity contribution in [1.82, 2.24) is 25.1 Å². The fourth-order valence-electron chi connectivity index (χ4n) is 1.96. The molecule has 2 aromatic rings. The summed E-state index contributed by atoms with van der Waals surface area (Å²) in [5, 5.41) is 6.66. The van der Waals surface area contributed by atoms with Crippen molar-refractivity contribution in [2.75, 3.05) is 0 Å². The highest BCUT2D eigenvalue weighted by Crippen LogP contribution is 2.05. The highest BCUT2D eigenvalue weighted by Gasteiger charge is 2.16. The maximum atomic E-state index is 12.0. The molecule has 2 heterocycles. The Morgan fingerprint density at radius 2 is 2.25 bits per heavy atom. The van der Waals surface area contributed by atoms with E-state index in [9.17, 15) is 9.59 Å². The number of rotatable bonds is 4. The third kappa shape index (κ3) is 2.93. The van der Waals surface area contributed by atoms with Crippen LogP contribution in [0.1, 0.15) is 29.8 Å². The van der Waals surface area contributed by atoms with E-state index in [1.165, 1.54) is 17.3 Å². The molecular formula is C13H17N5O2. The largest absolute Gasteiger partial charge is 0.350 e. The second-order valence-electron chi connectivity index (χ2n) is 4.71. The van der Waals surface area contributed by atoms with Gasteiger partial charge in [-0.2, -0.15) is 5.10 Å². The lowest BCUT2D eigenvalue weighted by Gasteiger charge is -2.13. The number of pyridine rings is 1. The highest BCUT2D eigenvalue weighted by molar-refractivity contribution is 5.79. The normalized spacial score (nSPS) is 12.2. The molecule has 0 saturated carbocycles. The second kappa shape index (κ2) is 5.68. The lowest BCUT2D eigenvalue weighted by atomic mass is 10.1. The van der Waals surface area contributed by atoms with E-state index >= 15 is 0 Å². The lowest BCUT2D eigenvalue weighted by Crippen LogP contribution is -2.33. The first-order valence-corrected chi connectivity index (χ1v) is 6.30. The molecule has 0 unspecified atom stereocenters. The number of amides is 1. The number of carbonyl (C=O) groups excluding carboxylic acids is 1. The van der Waals surface area contributed by atoms with Crippen molar-refractivity contribution in [2.45, 2.75) is 33.4 Å². The van der Waals surface area contributed by atoms with Crippen LogP contribution in [-0.4, -0.2) is 25.7 Å². The predicted octanol–water partition coefficient (Wildman–Crippen LogP) is 0.461. The number of hydrogen-bond donors (Lipinski definition) is 2. The number of nitrogens with one attached hydrogen (secondary N) is 2. The molecule has 0 aromatic carbocycles. The lowest BCUT2D eigenvalue weighted by molar-refractivity contribution is -0.124. The van der Waals surface area contributed by atoms with E-state index in [1.807, 2.05) is 19.9 Å². The first-order valence-electron chi connectivity index (χ1n) is 6.30. The third-order valence-electron chi connectivity index (χ3n) is 3.15. The molecule has 106 valence electrons. The molecule has 0 bridgehead atoms. The Morgan fingerprint density at radius 1 is 1.50 bits per heavy atom. The molecule has 7 heteroatoms. The summed E-state index contributed by atoms with van der Waals surface area (Å²) in [6, 6.07) is 1.41. The SMILES string of the molecule is Cc1cc(C)c(CNC(=O)[C@H](C)n2cncn2)c(=O)[nH]1. The summed E-state index contributed by atoms with van der Waals surface area (Å²) in [4.78, 5) is 30.4. The summed E-state index contributed by atoms with van der Waals surface area (Å²) in [5.74, 6) is -0.213. The quantitative estimate of drug-likeness (QED) is 0.847. The van der Waals surface area contributed by atoms with E-state index in [2.05, 4.69) is 20.4 Å². The maximum Gasteiger partial charge on any atom is 0.253 e. The first kappa shape index (κ1) is 14.0. The Labute approximate surface area is 116 Å². The van der Waals surface area contributed by atoms with Crippen molar-refractivity contribution >= 4 is 5.91 Å². The van der Waals surface area contributed by atoms with Gasteiger partial charge in [-0.05, 0) is 32.4 Å². The number of nitrogens with zero attached hydrogens (tertiary/aromatic N) is 3. The van der Waals surface area contributed by atoms with E-state index < -0.39 is 6.04 Å². The minimum absolute atomic E-state index is 0.170. The van der Waals surface area contributed by atoms with Crippen LogP contribution >= 0.6 is 0 Å². The Morgan fingerprint density at radius 3 is 2.85 bits per heavy atom. The second-order valence-corrected chi connectivity index (χ2v) is 4.71. The van der Waals surface area contributed by atoms with Gasteiger partial charge in [-0.1, -0.05) is 0 Å². The van der Waals surface area contributed by atoms with Crippen LogP contribution in [0.2, 0.25) is 0 Å². The van der Waals surface area contributed by atoms with Crippen LogP contribution in [0.15, 0.2) is 23.5 Å². The van der Waals surface area contributed by atoms with Crippen LogP contribution in [0.5, 0.6) is 0 Å². The number of aromatic nitrogens is 4. The molecule has 20 heavy (non-hydrogen) atoms. The molecule has 0 spiro atoms. The molecule has 1 amide bonds. The monoisotopic (exact) mass is 275 g/mol. The van der Waals surface area contributed by atoms with Crippen molar-refractivity contribution in [3.8, 4) is 0 Å². The summed E-state index contributed by atoms with van der Waals surface area (Å²) in [7, 11) is 0. The minimum Gasteiger partial charge on any atom is -0.350 e. The smallest absolute Gasteiger partial charge is 0.253 e. The number of hydrogen-bond acceptors (Lipinski definition) is 4. The molecule has 0 radical (unpaired) electrons. The van der Waals surface area contributed by atoms with Crippen molar-refractivity contribution < 1.29 is 4.79 Å². The zero-order chi connectivity index (χ0) is 14.7. The number of carbonyl (C=O) groups is 1. The Kier molecular flexibility index (Phi) is 3.97. The van der Waals surface area contributed by atoms with Gasteiger partial charge in [0, 0.05) is 17.8 Å². The van der Waals surface area contributed by atoms with Crippen LogP contribution in [0, 0.1) is 13.8 Å². The molecule has 2 N–H and O–H groups in total. The molecule has 0 aliphatic carbocycles. The van der Waals surface area contributed by atoms with Gasteiger partial charge in [0.2, 0.25) is 5.91 Å². The Balaban J connectivity index is 2.06. The fourth-order valence-corrected chi connectivity index (χ4v) is 1.96. The van der Waals surface area contributed by atoms with Gasteiger partial charge in [-0.15, -0.1) is 0 Å². The molecule has 0 aliphatic heterocycles. The van der Waals surface area contributed by atoms with Gasteiger partial charge in [0.15, 0.2) is 0 Å². The van der Waals surface area contributed by atoms with Gasteiger partial charge >= 0.3 is 0 Å². The topological polar surface area (TPSA) is 92.7 Å². The van der Waals surface area contributed by atoms with Gasteiger partial charge in [-0.3, -0.25) is 9.59 Å². The van der Waals surface area contributed by atoms with Gasteiger partial charge < -0.3 is 10.3 Å². The summed E-state index contributed by atoms with van der Waals surface area (Å²) in [6.45, 7) is 5.59. The van der Waals surface area contributed by atoms with Crippen LogP contribution in [0.4, 0.5) is 0 Å².